The van der Waals surface area contributed by atoms with E-state index >= 15 is 0 Å². The minimum absolute atomic E-state index is 0.0431. The number of aliphatic hydroxyl groups excluding tert-OH is 2. The van der Waals surface area contributed by atoms with Crippen LogP contribution in [0.3, 0.4) is 0 Å². The molecule has 0 aliphatic heterocycles. The van der Waals surface area contributed by atoms with Gasteiger partial charge in [-0.3, -0.25) is 0 Å². The molecule has 0 atom stereocenters. The smallest absolute Gasteiger partial charge is 0.179 e. The van der Waals surface area contributed by atoms with Gasteiger partial charge in [0.25, 0.3) is 0 Å². The van der Waals surface area contributed by atoms with E-state index in [1.807, 2.05) is 7.05 Å². The predicted molar refractivity (Wildman–Crippen MR) is 67.7 cm³/mol. The molecule has 0 aromatic heterocycles. The lowest BCUT2D eigenvalue weighted by Crippen LogP contribution is -2.27. The number of ether oxygens (including phenoxy) is 2. The van der Waals surface area contributed by atoms with Gasteiger partial charge >= 0.3 is 0 Å². The Kier molecular flexibility index (Phi) is 14.0. The fraction of sp³-hybridized carbons (Fsp3) is 1.00. The van der Waals surface area contributed by atoms with Gasteiger partial charge in [0.1, 0.15) is 0 Å². The molecule has 3 N–H and O–H groups in total. The average molecular weight is 267 g/mol. The Labute approximate surface area is 105 Å². The van der Waals surface area contributed by atoms with E-state index in [0.29, 0.717) is 6.61 Å². The van der Waals surface area contributed by atoms with Gasteiger partial charge in [0.2, 0.25) is 0 Å². The van der Waals surface area contributed by atoms with Crippen molar-refractivity contribution in [2.45, 2.75) is 18.8 Å². The summed E-state index contributed by atoms with van der Waals surface area (Å²) in [7, 11) is 1.41. The zero-order chi connectivity index (χ0) is 12.8. The predicted octanol–water partition coefficient (Wildman–Crippen LogP) is -1.54. The number of rotatable bonds is 13. The molecule has 0 aliphatic carbocycles. The summed E-state index contributed by atoms with van der Waals surface area (Å²) in [5.41, 5.74) is 0. The van der Waals surface area contributed by atoms with E-state index in [1.165, 1.54) is 0 Å². The maximum Gasteiger partial charge on any atom is 0.179 e. The molecule has 0 rings (SSSR count). The molecular weight excluding hydrogens is 242 g/mol. The summed E-state index contributed by atoms with van der Waals surface area (Å²) in [6, 6.07) is 1.12. The maximum absolute atomic E-state index is 8.64. The average Bonchev–Trinajstić information content (AvgIpc) is 2.35. The van der Waals surface area contributed by atoms with E-state index in [-0.39, 0.29) is 26.4 Å². The molecule has 0 heterocycles. The normalized spacial score (nSPS) is 12.0. The van der Waals surface area contributed by atoms with Crippen molar-refractivity contribution >= 4 is 9.76 Å². The summed E-state index contributed by atoms with van der Waals surface area (Å²) in [4.78, 5) is 0. The molecule has 6 nitrogen and oxygen atoms in total. The molecule has 17 heavy (non-hydrogen) atoms. The van der Waals surface area contributed by atoms with E-state index < -0.39 is 16.1 Å². The van der Waals surface area contributed by atoms with Gasteiger partial charge in [-0.1, -0.05) is 0 Å². The summed E-state index contributed by atoms with van der Waals surface area (Å²) in [5.74, 6) is 0. The third-order valence-corrected chi connectivity index (χ3v) is 3.32. The van der Waals surface area contributed by atoms with Crippen LogP contribution >= 0.6 is 0 Å². The molecule has 0 aromatic carbocycles. The van der Waals surface area contributed by atoms with Gasteiger partial charge in [-0.05, 0) is 26.1 Å². The van der Waals surface area contributed by atoms with Crippen molar-refractivity contribution in [2.24, 2.45) is 0 Å². The van der Waals surface area contributed by atoms with Crippen LogP contribution in [0.4, 0.5) is 0 Å². The number of aliphatic hydroxyl groups is 2. The second-order valence-electron chi connectivity index (χ2n) is 3.50. The molecule has 0 spiro atoms. The molecule has 0 saturated carbocycles. The fourth-order valence-corrected chi connectivity index (χ4v) is 2.22. The van der Waals surface area contributed by atoms with Crippen molar-refractivity contribution in [3.63, 3.8) is 0 Å². The summed E-state index contributed by atoms with van der Waals surface area (Å²) >= 11 is 0. The molecule has 0 aliphatic rings. The van der Waals surface area contributed by atoms with Gasteiger partial charge in [-0.2, -0.15) is 0 Å². The minimum atomic E-state index is -0.523. The van der Waals surface area contributed by atoms with E-state index in [2.05, 4.69) is 5.32 Å². The monoisotopic (exact) mass is 267 g/mol. The first-order chi connectivity index (χ1) is 8.35. The Morgan fingerprint density at radius 3 is 2.35 bits per heavy atom. The molecular formula is C10H25NO5Si. The summed E-state index contributed by atoms with van der Waals surface area (Å²) in [5, 5.41) is 20.4. The third kappa shape index (κ3) is 12.2. The van der Waals surface area contributed by atoms with Crippen LogP contribution in [-0.2, 0) is 13.9 Å². The summed E-state index contributed by atoms with van der Waals surface area (Å²) in [6.07, 6.45) is 0.647. The molecule has 0 bridgehead atoms. The lowest BCUT2D eigenvalue weighted by molar-refractivity contribution is -0.166. The first-order valence-electron chi connectivity index (χ1n) is 6.02. The second-order valence-corrected chi connectivity index (χ2v) is 5.03. The van der Waals surface area contributed by atoms with Gasteiger partial charge < -0.3 is 29.4 Å². The zero-order valence-electron chi connectivity index (χ0n) is 10.6. The Hall–Kier alpha value is -0.0231. The molecule has 0 unspecified atom stereocenters. The molecule has 7 heteroatoms. The van der Waals surface area contributed by atoms with Crippen molar-refractivity contribution in [3.8, 4) is 0 Å². The van der Waals surface area contributed by atoms with Crippen LogP contribution in [0.25, 0.3) is 0 Å². The van der Waals surface area contributed by atoms with Crippen molar-refractivity contribution in [1.82, 2.24) is 5.32 Å². The SMILES string of the molecule is CNCCC[SiH2]OCC(OCCO)OCCO. The highest BCUT2D eigenvalue weighted by Crippen LogP contribution is 1.97. The van der Waals surface area contributed by atoms with Gasteiger partial charge in [0.15, 0.2) is 16.1 Å². The van der Waals surface area contributed by atoms with Crippen LogP contribution in [0.15, 0.2) is 0 Å². The first-order valence-corrected chi connectivity index (χ1v) is 7.60. The van der Waals surface area contributed by atoms with E-state index in [0.717, 1.165) is 19.0 Å². The lowest BCUT2D eigenvalue weighted by atomic mass is 10.5. The Balaban J connectivity index is 3.45. The van der Waals surface area contributed by atoms with Gasteiger partial charge in [-0.25, -0.2) is 0 Å². The Bertz CT molecular complexity index is 145. The number of hydrogen-bond acceptors (Lipinski definition) is 6. The minimum Gasteiger partial charge on any atom is -0.419 e. The largest absolute Gasteiger partial charge is 0.419 e. The molecule has 0 radical (unpaired) electrons. The lowest BCUT2D eigenvalue weighted by Gasteiger charge is -2.17. The molecule has 0 saturated heterocycles. The van der Waals surface area contributed by atoms with Crippen LogP contribution in [0.5, 0.6) is 0 Å². The van der Waals surface area contributed by atoms with Crippen LogP contribution < -0.4 is 5.32 Å². The molecule has 0 amide bonds. The highest BCUT2D eigenvalue weighted by molar-refractivity contribution is 6.26. The van der Waals surface area contributed by atoms with Crippen LogP contribution in [0, 0.1) is 0 Å². The van der Waals surface area contributed by atoms with E-state index in [9.17, 15) is 0 Å². The number of nitrogens with one attached hydrogen (secondary N) is 1. The zero-order valence-corrected chi connectivity index (χ0v) is 12.0. The molecule has 104 valence electrons. The summed E-state index contributed by atoms with van der Waals surface area (Å²) in [6.45, 7) is 1.76. The van der Waals surface area contributed by atoms with Crippen LogP contribution in [0.1, 0.15) is 6.42 Å². The fourth-order valence-electron chi connectivity index (χ4n) is 1.20. The Morgan fingerprint density at radius 2 is 1.82 bits per heavy atom. The quantitative estimate of drug-likeness (QED) is 0.213. The molecule has 0 fully saturated rings. The maximum atomic E-state index is 8.64. The van der Waals surface area contributed by atoms with Crippen molar-refractivity contribution in [3.05, 3.63) is 0 Å². The van der Waals surface area contributed by atoms with Crippen molar-refractivity contribution in [2.75, 3.05) is 46.6 Å². The first kappa shape index (κ1) is 17.0. The number of hydrogen-bond donors (Lipinski definition) is 3. The van der Waals surface area contributed by atoms with Crippen LogP contribution in [-0.4, -0.2) is 72.9 Å². The van der Waals surface area contributed by atoms with E-state index in [1.54, 1.807) is 0 Å². The van der Waals surface area contributed by atoms with Gasteiger partial charge in [0, 0.05) is 0 Å². The summed E-state index contributed by atoms with van der Waals surface area (Å²) < 4.78 is 16.0. The van der Waals surface area contributed by atoms with Crippen molar-refractivity contribution in [1.29, 1.82) is 0 Å². The highest BCUT2D eigenvalue weighted by atomic mass is 28.2. The highest BCUT2D eigenvalue weighted by Gasteiger charge is 2.08. The second kappa shape index (κ2) is 14.0. The molecule has 0 aromatic rings. The Morgan fingerprint density at radius 1 is 1.18 bits per heavy atom. The van der Waals surface area contributed by atoms with Crippen molar-refractivity contribution < 1.29 is 24.1 Å². The van der Waals surface area contributed by atoms with Gasteiger partial charge in [0.05, 0.1) is 33.0 Å². The topological polar surface area (TPSA) is 80.2 Å². The standard InChI is InChI=1S/C10H25NO5Si/c1-11-3-2-8-17-16-9-10(14-6-4-12)15-7-5-13/h10-13H,2-9,17H2,1H3. The van der Waals surface area contributed by atoms with Crippen LogP contribution in [0.2, 0.25) is 6.04 Å². The van der Waals surface area contributed by atoms with E-state index in [4.69, 9.17) is 24.1 Å². The third-order valence-electron chi connectivity index (χ3n) is 2.01. The van der Waals surface area contributed by atoms with Gasteiger partial charge in [-0.15, -0.1) is 0 Å².